The van der Waals surface area contributed by atoms with Crippen molar-refractivity contribution in [2.24, 2.45) is 21.9 Å². The quantitative estimate of drug-likeness (QED) is 0.326. The summed E-state index contributed by atoms with van der Waals surface area (Å²) in [5.74, 6) is 6.21. The average molecular weight is 472 g/mol. The number of aliphatic imine (C=N–C) groups is 1. The van der Waals surface area contributed by atoms with Gasteiger partial charge in [-0.3, -0.25) is 19.7 Å². The predicted octanol–water partition coefficient (Wildman–Crippen LogP) is 3.10. The molecule has 180 valence electrons. The number of hydrazone groups is 1. The summed E-state index contributed by atoms with van der Waals surface area (Å²) in [5.41, 5.74) is 3.30. The zero-order chi connectivity index (χ0) is 24.2. The largest absolute Gasteiger partial charge is 0.342 e. The Bertz CT molecular complexity index is 1280. The van der Waals surface area contributed by atoms with Gasteiger partial charge in [0.05, 0.1) is 17.4 Å². The first-order valence-corrected chi connectivity index (χ1v) is 12.0. The van der Waals surface area contributed by atoms with Crippen molar-refractivity contribution >= 4 is 40.3 Å². The Hall–Kier alpha value is -4.01. The van der Waals surface area contributed by atoms with Crippen molar-refractivity contribution in [3.63, 3.8) is 0 Å². The number of fused-ring (bicyclic) bond motifs is 1. The summed E-state index contributed by atoms with van der Waals surface area (Å²) in [6, 6.07) is 15.0. The average Bonchev–Trinajstić information content (AvgIpc) is 3.51. The summed E-state index contributed by atoms with van der Waals surface area (Å²) < 4.78 is 0. The van der Waals surface area contributed by atoms with Crippen molar-refractivity contribution in [1.82, 2.24) is 20.0 Å². The second-order valence-electron chi connectivity index (χ2n) is 9.14. The van der Waals surface area contributed by atoms with Crippen LogP contribution in [0.1, 0.15) is 41.7 Å². The van der Waals surface area contributed by atoms with E-state index in [1.165, 1.54) is 0 Å². The molecule has 0 bridgehead atoms. The second-order valence-corrected chi connectivity index (χ2v) is 9.14. The molecule has 1 atom stereocenters. The molecule has 5 rings (SSSR count). The minimum Gasteiger partial charge on any atom is -0.342 e. The molecule has 0 saturated carbocycles. The van der Waals surface area contributed by atoms with E-state index in [9.17, 15) is 9.59 Å². The number of likely N-dealkylation sites (tertiary alicyclic amines) is 2. The van der Waals surface area contributed by atoms with Crippen LogP contribution in [0.5, 0.6) is 0 Å². The fourth-order valence-electron chi connectivity index (χ4n) is 4.93. The van der Waals surface area contributed by atoms with E-state index >= 15 is 0 Å². The normalized spacial score (nSPS) is 19.3. The van der Waals surface area contributed by atoms with Crippen LogP contribution in [0.15, 0.2) is 58.6 Å². The van der Waals surface area contributed by atoms with Crippen LogP contribution in [-0.4, -0.2) is 69.9 Å². The van der Waals surface area contributed by atoms with Crippen molar-refractivity contribution in [2.45, 2.75) is 25.7 Å². The van der Waals surface area contributed by atoms with Gasteiger partial charge in [-0.2, -0.15) is 10.2 Å². The molecule has 2 aliphatic heterocycles. The molecule has 0 spiro atoms. The SMILES string of the molecule is NN=C(C=Nc1ccc(C(=O)N2CCCC(CN3CCCC3=O)C2)cc1)c1n[nH]c2ccccc12. The highest BCUT2D eigenvalue weighted by Crippen LogP contribution is 2.23. The van der Waals surface area contributed by atoms with Gasteiger partial charge in [0.15, 0.2) is 0 Å². The highest BCUT2D eigenvalue weighted by atomic mass is 16.2. The van der Waals surface area contributed by atoms with E-state index < -0.39 is 0 Å². The van der Waals surface area contributed by atoms with E-state index in [-0.39, 0.29) is 11.8 Å². The van der Waals surface area contributed by atoms with Crippen LogP contribution in [0.4, 0.5) is 5.69 Å². The number of hydrogen-bond donors (Lipinski definition) is 2. The summed E-state index contributed by atoms with van der Waals surface area (Å²) in [4.78, 5) is 33.4. The zero-order valence-corrected chi connectivity index (χ0v) is 19.6. The van der Waals surface area contributed by atoms with Gasteiger partial charge >= 0.3 is 0 Å². The highest BCUT2D eigenvalue weighted by Gasteiger charge is 2.29. The van der Waals surface area contributed by atoms with Crippen molar-refractivity contribution < 1.29 is 9.59 Å². The number of para-hydroxylation sites is 1. The molecular formula is C26H29N7O2. The van der Waals surface area contributed by atoms with Crippen LogP contribution in [0.25, 0.3) is 10.9 Å². The van der Waals surface area contributed by atoms with E-state index in [4.69, 9.17) is 5.84 Å². The Morgan fingerprint density at radius 3 is 2.74 bits per heavy atom. The van der Waals surface area contributed by atoms with Crippen molar-refractivity contribution in [2.75, 3.05) is 26.2 Å². The molecule has 2 saturated heterocycles. The molecule has 2 fully saturated rings. The van der Waals surface area contributed by atoms with Gasteiger partial charge in [-0.15, -0.1) is 0 Å². The third kappa shape index (κ3) is 4.94. The maximum Gasteiger partial charge on any atom is 0.253 e. The number of carbonyl (C=O) groups is 2. The number of aromatic amines is 1. The van der Waals surface area contributed by atoms with Gasteiger partial charge in [-0.1, -0.05) is 18.2 Å². The smallest absolute Gasteiger partial charge is 0.253 e. The van der Waals surface area contributed by atoms with Crippen molar-refractivity contribution in [3.8, 4) is 0 Å². The van der Waals surface area contributed by atoms with Gasteiger partial charge in [0.1, 0.15) is 11.4 Å². The lowest BCUT2D eigenvalue weighted by Gasteiger charge is -2.34. The second kappa shape index (κ2) is 10.1. The number of H-pyrrole nitrogens is 1. The maximum atomic E-state index is 13.1. The fraction of sp³-hybridized carbons (Fsp3) is 0.346. The summed E-state index contributed by atoms with van der Waals surface area (Å²) in [7, 11) is 0. The van der Waals surface area contributed by atoms with E-state index in [1.807, 2.05) is 46.2 Å². The van der Waals surface area contributed by atoms with Gasteiger partial charge in [0, 0.05) is 43.5 Å². The van der Waals surface area contributed by atoms with Gasteiger partial charge in [-0.25, -0.2) is 0 Å². The van der Waals surface area contributed by atoms with Crippen LogP contribution >= 0.6 is 0 Å². The highest BCUT2D eigenvalue weighted by molar-refractivity contribution is 6.40. The lowest BCUT2D eigenvalue weighted by atomic mass is 9.96. The van der Waals surface area contributed by atoms with Crippen LogP contribution in [0.2, 0.25) is 0 Å². The van der Waals surface area contributed by atoms with Gasteiger partial charge in [-0.05, 0) is 55.5 Å². The van der Waals surface area contributed by atoms with Crippen LogP contribution in [0, 0.1) is 5.92 Å². The molecule has 9 heteroatoms. The minimum atomic E-state index is 0.0187. The molecule has 3 N–H and O–H groups in total. The molecule has 2 aromatic carbocycles. The lowest BCUT2D eigenvalue weighted by molar-refractivity contribution is -0.128. The monoisotopic (exact) mass is 471 g/mol. The number of nitrogens with zero attached hydrogens (tertiary/aromatic N) is 5. The number of piperidine rings is 1. The molecular weight excluding hydrogens is 442 g/mol. The van der Waals surface area contributed by atoms with Crippen LogP contribution < -0.4 is 5.84 Å². The van der Waals surface area contributed by atoms with E-state index in [1.54, 1.807) is 18.3 Å². The Morgan fingerprint density at radius 2 is 1.97 bits per heavy atom. The van der Waals surface area contributed by atoms with E-state index in [0.29, 0.717) is 41.5 Å². The first-order valence-electron chi connectivity index (χ1n) is 12.0. The maximum absolute atomic E-state index is 13.1. The van der Waals surface area contributed by atoms with Crippen LogP contribution in [-0.2, 0) is 4.79 Å². The molecule has 1 aromatic heterocycles. The predicted molar refractivity (Wildman–Crippen MR) is 136 cm³/mol. The minimum absolute atomic E-state index is 0.0187. The van der Waals surface area contributed by atoms with E-state index in [0.717, 1.165) is 49.8 Å². The number of hydrogen-bond acceptors (Lipinski definition) is 6. The Balaban J connectivity index is 1.23. The number of nitrogens with two attached hydrogens (primary N) is 1. The van der Waals surface area contributed by atoms with Crippen molar-refractivity contribution in [3.05, 3.63) is 59.8 Å². The summed E-state index contributed by atoms with van der Waals surface area (Å²) >= 11 is 0. The topological polar surface area (TPSA) is 120 Å². The Labute approximate surface area is 203 Å². The molecule has 0 aliphatic carbocycles. The number of rotatable bonds is 6. The van der Waals surface area contributed by atoms with Gasteiger partial charge in [0.25, 0.3) is 5.91 Å². The summed E-state index contributed by atoms with van der Waals surface area (Å²) in [6.45, 7) is 3.04. The number of nitrogens with one attached hydrogen (secondary N) is 1. The molecule has 2 amide bonds. The number of aromatic nitrogens is 2. The molecule has 35 heavy (non-hydrogen) atoms. The Kier molecular flexibility index (Phi) is 6.56. The number of benzene rings is 2. The molecule has 9 nitrogen and oxygen atoms in total. The zero-order valence-electron chi connectivity index (χ0n) is 19.6. The lowest BCUT2D eigenvalue weighted by Crippen LogP contribution is -2.44. The third-order valence-electron chi connectivity index (χ3n) is 6.76. The molecule has 0 radical (unpaired) electrons. The first kappa shape index (κ1) is 22.8. The summed E-state index contributed by atoms with van der Waals surface area (Å²) in [5, 5.41) is 12.0. The molecule has 3 heterocycles. The molecule has 1 unspecified atom stereocenters. The van der Waals surface area contributed by atoms with Gasteiger partial charge in [0.2, 0.25) is 5.91 Å². The third-order valence-corrected chi connectivity index (χ3v) is 6.76. The summed E-state index contributed by atoms with van der Waals surface area (Å²) in [6.07, 6.45) is 5.19. The van der Waals surface area contributed by atoms with Crippen molar-refractivity contribution in [1.29, 1.82) is 0 Å². The first-order chi connectivity index (χ1) is 17.1. The van der Waals surface area contributed by atoms with Crippen LogP contribution in [0.3, 0.4) is 0 Å². The molecule has 2 aliphatic rings. The Morgan fingerprint density at radius 1 is 1.14 bits per heavy atom. The number of amides is 2. The fourth-order valence-corrected chi connectivity index (χ4v) is 4.93. The standard InChI is InChI=1S/C26H29N7O2/c27-29-23(25-21-6-1-2-7-22(21)30-31-25)15-28-20-11-9-19(10-12-20)26(35)33-14-3-5-18(17-33)16-32-13-4-8-24(32)34/h1-2,6-7,9-12,15,18H,3-5,8,13-14,16-17,27H2,(H,30,31). The number of carbonyl (C=O) groups excluding carboxylic acids is 2. The molecule has 3 aromatic rings. The van der Waals surface area contributed by atoms with Gasteiger partial charge < -0.3 is 15.6 Å². The van der Waals surface area contributed by atoms with E-state index in [2.05, 4.69) is 20.3 Å².